The predicted octanol–water partition coefficient (Wildman–Crippen LogP) is 8.05. The van der Waals surface area contributed by atoms with Crippen molar-refractivity contribution in [3.63, 3.8) is 0 Å². The molecule has 0 amide bonds. The van der Waals surface area contributed by atoms with Gasteiger partial charge < -0.3 is 19.3 Å². The van der Waals surface area contributed by atoms with E-state index >= 15 is 4.39 Å². The van der Waals surface area contributed by atoms with E-state index in [0.717, 1.165) is 12.1 Å². The van der Waals surface area contributed by atoms with Crippen molar-refractivity contribution < 1.29 is 32.2 Å². The quantitative estimate of drug-likeness (QED) is 0.0399. The molecule has 334 valence electrons. The van der Waals surface area contributed by atoms with E-state index in [4.69, 9.17) is 33.9 Å². The second-order valence-electron chi connectivity index (χ2n) is 15.7. The molecule has 2 aromatic carbocycles. The molecule has 0 saturated carbocycles. The second-order valence-corrected chi connectivity index (χ2v) is 16.5. The van der Waals surface area contributed by atoms with Crippen molar-refractivity contribution in [2.45, 2.75) is 51.6 Å². The molecule has 8 rings (SSSR count). The van der Waals surface area contributed by atoms with Gasteiger partial charge in [-0.2, -0.15) is 0 Å². The number of halogens is 3. The topological polar surface area (TPSA) is 146 Å². The van der Waals surface area contributed by atoms with Gasteiger partial charge in [-0.3, -0.25) is 9.59 Å². The highest BCUT2D eigenvalue weighted by atomic mass is 32.1. The van der Waals surface area contributed by atoms with Crippen molar-refractivity contribution >= 4 is 57.6 Å². The molecule has 0 N–H and O–H groups in total. The molecule has 0 saturated heterocycles. The Labute approximate surface area is 383 Å². The molecule has 2 aliphatic heterocycles. The number of fused-ring (bicyclic) bond motifs is 2. The van der Waals surface area contributed by atoms with Gasteiger partial charge in [0.2, 0.25) is 23.2 Å². The van der Waals surface area contributed by atoms with Crippen molar-refractivity contribution in [1.29, 1.82) is 0 Å². The van der Waals surface area contributed by atoms with E-state index in [1.165, 1.54) is 34.2 Å². The number of carbonyl (C=O) groups is 2. The molecule has 0 bridgehead atoms. The number of nitrogens with zero attached hydrogens (tertiary/aromatic N) is 10. The van der Waals surface area contributed by atoms with Gasteiger partial charge >= 0.3 is 0 Å². The number of Topliss-reactive ketones (excluding diaryl/α,β-unsaturated/α-hetero) is 2. The zero-order valence-electron chi connectivity index (χ0n) is 35.4. The number of ketones is 2. The lowest BCUT2D eigenvalue weighted by molar-refractivity contribution is 0.0962. The van der Waals surface area contributed by atoms with Gasteiger partial charge in [0.05, 0.1) is 35.6 Å². The Balaban J connectivity index is 0.805. The Morgan fingerprint density at radius 2 is 1.43 bits per heavy atom. The van der Waals surface area contributed by atoms with E-state index in [9.17, 15) is 18.4 Å². The molecule has 0 fully saturated rings. The molecule has 4 aromatic heterocycles. The third-order valence-electron chi connectivity index (χ3n) is 11.2. The molecule has 2 atom stereocenters. The van der Waals surface area contributed by atoms with E-state index in [2.05, 4.69) is 30.1 Å². The highest BCUT2D eigenvalue weighted by Crippen LogP contribution is 2.36. The summed E-state index contributed by atoms with van der Waals surface area (Å²) in [6.45, 7) is 0.535. The lowest BCUT2D eigenvalue weighted by atomic mass is 10.0. The minimum Gasteiger partial charge on any atom is -0.489 e. The summed E-state index contributed by atoms with van der Waals surface area (Å²) in [5.74, 6) is -0.261. The number of thiocarbonyl (C=S) groups is 2. The fraction of sp³-hybridized carbons (Fsp3) is 0.304. The maximum absolute atomic E-state index is 15.6. The van der Waals surface area contributed by atoms with E-state index in [0.29, 0.717) is 82.1 Å². The molecule has 0 aliphatic carbocycles. The first-order valence-electron chi connectivity index (χ1n) is 20.9. The number of aromatic nitrogens is 8. The fourth-order valence-electron chi connectivity index (χ4n) is 7.54. The highest BCUT2D eigenvalue weighted by molar-refractivity contribution is 7.80. The number of benzene rings is 2. The molecule has 14 nitrogen and oxygen atoms in total. The normalized spacial score (nSPS) is 16.1. The van der Waals surface area contributed by atoms with Crippen LogP contribution in [0, 0.1) is 29.3 Å². The predicted molar refractivity (Wildman–Crippen MR) is 244 cm³/mol. The summed E-state index contributed by atoms with van der Waals surface area (Å²) >= 11 is 11.5. The molecular weight excluding hydrogens is 878 g/mol. The third-order valence-corrected chi connectivity index (χ3v) is 12.4. The minimum absolute atomic E-state index is 0.0118. The Bertz CT molecular complexity index is 2780. The van der Waals surface area contributed by atoms with Crippen LogP contribution in [0.2, 0.25) is 0 Å². The molecule has 0 spiro atoms. The number of hydrogen-bond donors (Lipinski definition) is 0. The smallest absolute Gasteiger partial charge is 0.217 e. The molecule has 65 heavy (non-hydrogen) atoms. The van der Waals surface area contributed by atoms with Gasteiger partial charge in [0.1, 0.15) is 36.7 Å². The van der Waals surface area contributed by atoms with Crippen molar-refractivity contribution in [3.8, 4) is 22.6 Å². The van der Waals surface area contributed by atoms with Crippen molar-refractivity contribution in [2.75, 3.05) is 37.1 Å². The highest BCUT2D eigenvalue weighted by Gasteiger charge is 2.28. The summed E-state index contributed by atoms with van der Waals surface area (Å²) in [7, 11) is 3.68. The largest absolute Gasteiger partial charge is 0.489 e. The average molecular weight is 921 g/mol. The monoisotopic (exact) mass is 920 g/mol. The number of hydrogen-bond acceptors (Lipinski definition) is 12. The lowest BCUT2D eigenvalue weighted by Gasteiger charge is -2.22. The van der Waals surface area contributed by atoms with E-state index in [1.54, 1.807) is 24.5 Å². The first-order valence-corrected chi connectivity index (χ1v) is 21.7. The second kappa shape index (κ2) is 20.0. The average Bonchev–Trinajstić information content (AvgIpc) is 3.95. The number of carbonyl (C=O) groups excluding carboxylic acids is 2. The molecule has 6 heterocycles. The SMILES string of the molecule is CN1C(=S)[C@@H](CCCCC(=O)c2ncn(Cc3c(F)cccc3F)n2)COc2cc(-c3ccc(Cn4cnc(C(=O)CC/C=C/[C@H]5COc6cccnc6N(C)C5=S)n4)c(F)c3)cnc21. The maximum Gasteiger partial charge on any atom is 0.217 e. The van der Waals surface area contributed by atoms with Crippen LogP contribution in [0.4, 0.5) is 24.8 Å². The maximum atomic E-state index is 15.6. The van der Waals surface area contributed by atoms with Gasteiger partial charge in [-0.15, -0.1) is 10.2 Å². The van der Waals surface area contributed by atoms with E-state index in [1.807, 2.05) is 54.2 Å². The van der Waals surface area contributed by atoms with Crippen LogP contribution in [0.5, 0.6) is 11.5 Å². The minimum atomic E-state index is -0.698. The summed E-state index contributed by atoms with van der Waals surface area (Å²) in [6, 6.07) is 13.9. The number of pyridine rings is 2. The van der Waals surface area contributed by atoms with E-state index < -0.39 is 17.5 Å². The summed E-state index contributed by atoms with van der Waals surface area (Å²) in [6.07, 6.45) is 12.6. The standard InChI is InChI=1S/C46H43F3N10O4S2/c1-56-43-39(15-8-18-50-43)62-24-30(45(56)64)9-3-5-13-37(60)41-52-26-58(54-41)22-29-17-16-28(19-36(29)49)32-20-40-44(51-21-32)57(2)46(65)31(25-63-40)10-4-6-14-38(61)42-53-27-59(55-42)23-33-34(47)11-7-12-35(33)48/h3,7-9,11-12,15-21,26-27,30-31H,4-6,10,13-14,22-25H2,1-2H3/b9-3+/t30-,31-/m0/s1. The molecule has 2 aliphatic rings. The van der Waals surface area contributed by atoms with Crippen LogP contribution in [0.15, 0.2) is 91.8 Å². The first kappa shape index (κ1) is 44.9. The Hall–Kier alpha value is -6.73. The molecule has 0 unspecified atom stereocenters. The van der Waals surface area contributed by atoms with Gasteiger partial charge in [-0.1, -0.05) is 61.2 Å². The summed E-state index contributed by atoms with van der Waals surface area (Å²) < 4.78 is 58.5. The van der Waals surface area contributed by atoms with Crippen LogP contribution < -0.4 is 19.3 Å². The number of anilines is 2. The molecule has 0 radical (unpaired) electrons. The molecule has 19 heteroatoms. The van der Waals surface area contributed by atoms with Crippen LogP contribution in [-0.2, 0) is 13.1 Å². The summed E-state index contributed by atoms with van der Waals surface area (Å²) in [4.78, 5) is 48.0. The van der Waals surface area contributed by atoms with Crippen molar-refractivity contribution in [2.24, 2.45) is 11.8 Å². The zero-order chi connectivity index (χ0) is 45.6. The van der Waals surface area contributed by atoms with Gasteiger partial charge in [0, 0.05) is 61.9 Å². The van der Waals surface area contributed by atoms with Crippen LogP contribution in [0.1, 0.15) is 70.9 Å². The zero-order valence-corrected chi connectivity index (χ0v) is 37.1. The summed E-state index contributed by atoms with van der Waals surface area (Å²) in [5, 5.41) is 8.44. The van der Waals surface area contributed by atoms with Crippen LogP contribution in [0.25, 0.3) is 11.1 Å². The van der Waals surface area contributed by atoms with Crippen LogP contribution >= 0.6 is 24.4 Å². The number of allylic oxidation sites excluding steroid dienone is 1. The third kappa shape index (κ3) is 10.3. The Morgan fingerprint density at radius 1 is 0.738 bits per heavy atom. The molecule has 6 aromatic rings. The van der Waals surface area contributed by atoms with Crippen molar-refractivity contribution in [3.05, 3.63) is 132 Å². The number of unbranched alkanes of at least 4 members (excludes halogenated alkanes) is 1. The van der Waals surface area contributed by atoms with Gasteiger partial charge in [-0.05, 0) is 61.2 Å². The van der Waals surface area contributed by atoms with Gasteiger partial charge in [0.15, 0.2) is 23.1 Å². The Kier molecular flexibility index (Phi) is 13.8. The molecular formula is C46H43F3N10O4S2. The number of rotatable bonds is 16. The number of ether oxygens (including phenoxy) is 2. The van der Waals surface area contributed by atoms with Crippen LogP contribution in [0.3, 0.4) is 0 Å². The first-order chi connectivity index (χ1) is 31.4. The van der Waals surface area contributed by atoms with Crippen LogP contribution in [-0.4, -0.2) is 88.3 Å². The van der Waals surface area contributed by atoms with Crippen molar-refractivity contribution in [1.82, 2.24) is 39.5 Å². The lowest BCUT2D eigenvalue weighted by Crippen LogP contribution is -2.32. The Morgan fingerprint density at radius 3 is 2.18 bits per heavy atom. The van der Waals surface area contributed by atoms with Gasteiger partial charge in [-0.25, -0.2) is 42.5 Å². The van der Waals surface area contributed by atoms with Gasteiger partial charge in [0.25, 0.3) is 0 Å². The summed E-state index contributed by atoms with van der Waals surface area (Å²) in [5.41, 5.74) is 1.44. The van der Waals surface area contributed by atoms with E-state index in [-0.39, 0.29) is 73.2 Å². The fourth-order valence-corrected chi connectivity index (χ4v) is 8.04.